The van der Waals surface area contributed by atoms with Gasteiger partial charge in [-0.2, -0.15) is 0 Å². The van der Waals surface area contributed by atoms with Crippen LogP contribution in [0.15, 0.2) is 66.7 Å². The molecule has 1 aliphatic rings. The smallest absolute Gasteiger partial charge is 0.334 e. The van der Waals surface area contributed by atoms with E-state index in [1.165, 1.54) is 24.3 Å². The molecule has 0 amide bonds. The van der Waals surface area contributed by atoms with Crippen LogP contribution in [0.1, 0.15) is 45.2 Å². The van der Waals surface area contributed by atoms with Crippen molar-refractivity contribution in [3.05, 3.63) is 83.7 Å². The summed E-state index contributed by atoms with van der Waals surface area (Å²) in [6.07, 6.45) is 1.97. The standard InChI is InChI=1S/C28H34FNO5/c1-20(2)18-30(19-21(3)4)17-16-27(34-25(31)14-15-26(32)35-27)28(33,22-8-6-5-7-9-22)23-10-12-24(29)13-11-23/h5-15,20-21,33H,16-19H2,1-4H3. The van der Waals surface area contributed by atoms with Crippen molar-refractivity contribution < 1.29 is 28.6 Å². The van der Waals surface area contributed by atoms with Crippen LogP contribution in [0.5, 0.6) is 0 Å². The molecule has 35 heavy (non-hydrogen) atoms. The van der Waals surface area contributed by atoms with Gasteiger partial charge >= 0.3 is 11.9 Å². The van der Waals surface area contributed by atoms with E-state index < -0.39 is 29.1 Å². The van der Waals surface area contributed by atoms with Crippen LogP contribution >= 0.6 is 0 Å². The van der Waals surface area contributed by atoms with Crippen molar-refractivity contribution in [3.8, 4) is 0 Å². The van der Waals surface area contributed by atoms with Crippen LogP contribution in [-0.2, 0) is 24.7 Å². The Morgan fingerprint density at radius 3 is 1.83 bits per heavy atom. The van der Waals surface area contributed by atoms with E-state index in [0.29, 0.717) is 23.9 Å². The molecule has 0 radical (unpaired) electrons. The summed E-state index contributed by atoms with van der Waals surface area (Å²) < 4.78 is 25.4. The van der Waals surface area contributed by atoms with Gasteiger partial charge in [-0.05, 0) is 35.1 Å². The van der Waals surface area contributed by atoms with Crippen molar-refractivity contribution >= 4 is 11.9 Å². The maximum absolute atomic E-state index is 13.8. The molecule has 188 valence electrons. The molecule has 1 aliphatic heterocycles. The number of halogens is 1. The summed E-state index contributed by atoms with van der Waals surface area (Å²) in [5, 5.41) is 12.4. The molecule has 6 nitrogen and oxygen atoms in total. The molecule has 2 aromatic rings. The fourth-order valence-corrected chi connectivity index (χ4v) is 4.55. The van der Waals surface area contributed by atoms with Gasteiger partial charge in [-0.1, -0.05) is 70.2 Å². The normalized spacial score (nSPS) is 17.3. The Balaban J connectivity index is 2.17. The quantitative estimate of drug-likeness (QED) is 0.505. The first-order chi connectivity index (χ1) is 16.6. The third-order valence-electron chi connectivity index (χ3n) is 5.90. The van der Waals surface area contributed by atoms with Gasteiger partial charge < -0.3 is 19.5 Å². The number of aliphatic hydroxyl groups is 1. The topological polar surface area (TPSA) is 76.1 Å². The zero-order valence-electron chi connectivity index (χ0n) is 20.7. The molecule has 0 aromatic heterocycles. The van der Waals surface area contributed by atoms with Gasteiger partial charge in [-0.25, -0.2) is 14.0 Å². The summed E-state index contributed by atoms with van der Waals surface area (Å²) in [5.41, 5.74) is -1.54. The van der Waals surface area contributed by atoms with E-state index in [2.05, 4.69) is 32.6 Å². The van der Waals surface area contributed by atoms with Gasteiger partial charge in [0, 0.05) is 38.2 Å². The van der Waals surface area contributed by atoms with Gasteiger partial charge in [-0.15, -0.1) is 0 Å². The van der Waals surface area contributed by atoms with Crippen molar-refractivity contribution in [2.75, 3.05) is 19.6 Å². The molecule has 0 bridgehead atoms. The molecule has 1 unspecified atom stereocenters. The Morgan fingerprint density at radius 2 is 1.34 bits per heavy atom. The molecule has 7 heteroatoms. The highest BCUT2D eigenvalue weighted by Crippen LogP contribution is 2.46. The van der Waals surface area contributed by atoms with Crippen molar-refractivity contribution in [1.29, 1.82) is 0 Å². The van der Waals surface area contributed by atoms with Gasteiger partial charge in [0.2, 0.25) is 0 Å². The summed E-state index contributed by atoms with van der Waals surface area (Å²) in [5.74, 6) is -3.48. The average Bonchev–Trinajstić information content (AvgIpc) is 2.95. The Labute approximate surface area is 206 Å². The summed E-state index contributed by atoms with van der Waals surface area (Å²) in [6, 6.07) is 13.8. The molecule has 1 N–H and O–H groups in total. The predicted octanol–water partition coefficient (Wildman–Crippen LogP) is 4.42. The second-order valence-electron chi connectivity index (χ2n) is 9.81. The zero-order valence-corrected chi connectivity index (χ0v) is 20.7. The lowest BCUT2D eigenvalue weighted by Crippen LogP contribution is -2.58. The van der Waals surface area contributed by atoms with Crippen LogP contribution in [0.2, 0.25) is 0 Å². The van der Waals surface area contributed by atoms with Gasteiger partial charge in [0.25, 0.3) is 5.79 Å². The number of cyclic esters (lactones) is 2. The van der Waals surface area contributed by atoms with Gasteiger partial charge in [0.05, 0.1) is 0 Å². The molecule has 1 atom stereocenters. The number of benzene rings is 2. The molecule has 1 heterocycles. The van der Waals surface area contributed by atoms with Crippen molar-refractivity contribution in [2.45, 2.75) is 45.5 Å². The number of carbonyl (C=O) groups excluding carboxylic acids is 2. The molecular formula is C28H34FNO5. The van der Waals surface area contributed by atoms with Crippen molar-refractivity contribution in [3.63, 3.8) is 0 Å². The number of ether oxygens (including phenoxy) is 2. The molecule has 0 saturated heterocycles. The first-order valence-electron chi connectivity index (χ1n) is 12.0. The molecule has 0 aliphatic carbocycles. The first kappa shape index (κ1) is 26.6. The number of esters is 2. The number of hydrogen-bond acceptors (Lipinski definition) is 6. The van der Waals surface area contributed by atoms with Gasteiger partial charge in [-0.3, -0.25) is 0 Å². The lowest BCUT2D eigenvalue weighted by Gasteiger charge is -2.45. The maximum Gasteiger partial charge on any atom is 0.334 e. The number of carbonyl (C=O) groups is 2. The third-order valence-corrected chi connectivity index (χ3v) is 5.90. The Morgan fingerprint density at radius 1 is 0.857 bits per heavy atom. The molecule has 0 spiro atoms. The second kappa shape index (κ2) is 11.1. The lowest BCUT2D eigenvalue weighted by molar-refractivity contribution is -0.285. The summed E-state index contributed by atoms with van der Waals surface area (Å²) >= 11 is 0. The number of rotatable bonds is 10. The molecule has 2 aromatic carbocycles. The fourth-order valence-electron chi connectivity index (χ4n) is 4.55. The van der Waals surface area contributed by atoms with E-state index >= 15 is 0 Å². The molecular weight excluding hydrogens is 449 g/mol. The SMILES string of the molecule is CC(C)CN(CCC1(C(O)(c2ccccc2)c2ccc(F)cc2)OC(=O)C=CC(=O)O1)CC(C)C. The summed E-state index contributed by atoms with van der Waals surface area (Å²) in [4.78, 5) is 27.6. The molecule has 0 saturated carbocycles. The van der Waals surface area contributed by atoms with E-state index in [-0.39, 0.29) is 12.0 Å². The summed E-state index contributed by atoms with van der Waals surface area (Å²) in [7, 11) is 0. The minimum atomic E-state index is -2.11. The van der Waals surface area contributed by atoms with Crippen molar-refractivity contribution in [2.24, 2.45) is 11.8 Å². The van der Waals surface area contributed by atoms with E-state index in [9.17, 15) is 19.1 Å². The first-order valence-corrected chi connectivity index (χ1v) is 12.0. The van der Waals surface area contributed by atoms with Crippen LogP contribution in [0.25, 0.3) is 0 Å². The maximum atomic E-state index is 13.8. The molecule has 3 rings (SSSR count). The Hall–Kier alpha value is -3.03. The van der Waals surface area contributed by atoms with E-state index in [4.69, 9.17) is 9.47 Å². The predicted molar refractivity (Wildman–Crippen MR) is 131 cm³/mol. The van der Waals surface area contributed by atoms with E-state index in [1.54, 1.807) is 30.3 Å². The van der Waals surface area contributed by atoms with Crippen LogP contribution < -0.4 is 0 Å². The largest absolute Gasteiger partial charge is 0.415 e. The second-order valence-corrected chi connectivity index (χ2v) is 9.81. The molecule has 0 fully saturated rings. The van der Waals surface area contributed by atoms with Gasteiger partial charge in [0.1, 0.15) is 5.82 Å². The van der Waals surface area contributed by atoms with E-state index in [1.807, 2.05) is 0 Å². The lowest BCUT2D eigenvalue weighted by atomic mass is 9.77. The highest BCUT2D eigenvalue weighted by atomic mass is 19.1. The Bertz CT molecular complexity index is 1010. The number of nitrogens with zero attached hydrogens (tertiary/aromatic N) is 1. The van der Waals surface area contributed by atoms with E-state index in [0.717, 1.165) is 25.2 Å². The summed E-state index contributed by atoms with van der Waals surface area (Å²) in [6.45, 7) is 10.4. The van der Waals surface area contributed by atoms with Gasteiger partial charge in [0.15, 0.2) is 5.60 Å². The Kier molecular flexibility index (Phi) is 8.46. The highest BCUT2D eigenvalue weighted by Gasteiger charge is 2.59. The third kappa shape index (κ3) is 6.16. The van der Waals surface area contributed by atoms with Crippen molar-refractivity contribution in [1.82, 2.24) is 4.90 Å². The highest BCUT2D eigenvalue weighted by molar-refractivity contribution is 5.93. The number of hydrogen-bond donors (Lipinski definition) is 1. The van der Waals surface area contributed by atoms with Crippen LogP contribution in [-0.4, -0.2) is 47.4 Å². The van der Waals surface area contributed by atoms with Crippen LogP contribution in [0, 0.1) is 17.7 Å². The monoisotopic (exact) mass is 483 g/mol. The zero-order chi connectivity index (χ0) is 25.6. The van der Waals surface area contributed by atoms with Crippen LogP contribution in [0.4, 0.5) is 4.39 Å². The fraction of sp³-hybridized carbons (Fsp3) is 0.429. The minimum absolute atomic E-state index is 0.00558. The minimum Gasteiger partial charge on any atom is -0.415 e. The average molecular weight is 484 g/mol. The van der Waals surface area contributed by atoms with Crippen LogP contribution in [0.3, 0.4) is 0 Å².